The molecule has 5 rings (SSSR count). The SMILES string of the molecule is COc1ccc(-c2nccn3cc(C(=O)NCc4nc5ccccc5n4C)nc23)cc1. The van der Waals surface area contributed by atoms with Crippen LogP contribution < -0.4 is 10.1 Å². The summed E-state index contributed by atoms with van der Waals surface area (Å²) >= 11 is 0. The highest BCUT2D eigenvalue weighted by atomic mass is 16.5. The average Bonchev–Trinajstić information content (AvgIpc) is 3.39. The molecule has 8 nitrogen and oxygen atoms in total. The number of carbonyl (C=O) groups is 1. The number of benzene rings is 2. The second-order valence-electron chi connectivity index (χ2n) is 7.12. The number of nitrogens with zero attached hydrogens (tertiary/aromatic N) is 5. The third kappa shape index (κ3) is 3.38. The van der Waals surface area contributed by atoms with Crippen LogP contribution in [0.15, 0.2) is 67.1 Å². The van der Waals surface area contributed by atoms with Crippen molar-refractivity contribution in [3.63, 3.8) is 0 Å². The molecule has 0 radical (unpaired) electrons. The van der Waals surface area contributed by atoms with E-state index in [1.807, 2.05) is 60.1 Å². The van der Waals surface area contributed by atoms with Gasteiger partial charge < -0.3 is 19.0 Å². The van der Waals surface area contributed by atoms with E-state index in [-0.39, 0.29) is 5.91 Å². The number of aromatic nitrogens is 5. The molecule has 0 saturated heterocycles. The van der Waals surface area contributed by atoms with E-state index in [4.69, 9.17) is 4.74 Å². The van der Waals surface area contributed by atoms with Crippen molar-refractivity contribution < 1.29 is 9.53 Å². The molecule has 0 aliphatic heterocycles. The number of amides is 1. The van der Waals surface area contributed by atoms with Crippen molar-refractivity contribution >= 4 is 22.6 Å². The van der Waals surface area contributed by atoms with Crippen LogP contribution in [0.5, 0.6) is 5.75 Å². The predicted molar refractivity (Wildman–Crippen MR) is 117 cm³/mol. The Bertz CT molecular complexity index is 1400. The van der Waals surface area contributed by atoms with Crippen molar-refractivity contribution in [1.82, 2.24) is 29.2 Å². The molecule has 0 aliphatic rings. The van der Waals surface area contributed by atoms with Gasteiger partial charge in [-0.1, -0.05) is 12.1 Å². The van der Waals surface area contributed by atoms with Gasteiger partial charge in [-0.05, 0) is 36.4 Å². The first-order valence-electron chi connectivity index (χ1n) is 9.80. The van der Waals surface area contributed by atoms with E-state index in [0.717, 1.165) is 28.2 Å². The highest BCUT2D eigenvalue weighted by Crippen LogP contribution is 2.24. The predicted octanol–water partition coefficient (Wildman–Crippen LogP) is 3.22. The number of rotatable bonds is 5. The number of fused-ring (bicyclic) bond motifs is 2. The summed E-state index contributed by atoms with van der Waals surface area (Å²) in [5, 5.41) is 2.92. The van der Waals surface area contributed by atoms with Gasteiger partial charge in [0.1, 0.15) is 23.0 Å². The van der Waals surface area contributed by atoms with Crippen LogP contribution in [0.3, 0.4) is 0 Å². The number of imidazole rings is 2. The van der Waals surface area contributed by atoms with E-state index in [1.165, 1.54) is 0 Å². The first-order valence-corrected chi connectivity index (χ1v) is 9.80. The molecule has 5 aromatic rings. The summed E-state index contributed by atoms with van der Waals surface area (Å²) in [4.78, 5) is 26.4. The van der Waals surface area contributed by atoms with Crippen molar-refractivity contribution in [1.29, 1.82) is 0 Å². The van der Waals surface area contributed by atoms with Crippen molar-refractivity contribution in [2.75, 3.05) is 7.11 Å². The number of carbonyl (C=O) groups excluding carboxylic acids is 1. The Labute approximate surface area is 178 Å². The first-order chi connectivity index (χ1) is 15.1. The standard InChI is InChI=1S/C23H20N6O2/c1-28-19-6-4-3-5-17(19)26-20(28)13-25-23(30)18-14-29-12-11-24-21(22(29)27-18)15-7-9-16(31-2)10-8-15/h3-12,14H,13H2,1-2H3,(H,25,30). The second kappa shape index (κ2) is 7.56. The lowest BCUT2D eigenvalue weighted by Gasteiger charge is -2.04. The molecule has 0 unspecified atom stereocenters. The smallest absolute Gasteiger partial charge is 0.271 e. The first kappa shape index (κ1) is 18.8. The van der Waals surface area contributed by atoms with Crippen molar-refractivity contribution in [2.45, 2.75) is 6.54 Å². The van der Waals surface area contributed by atoms with Gasteiger partial charge in [0.05, 0.1) is 24.7 Å². The minimum atomic E-state index is -0.267. The molecule has 0 atom stereocenters. The maximum atomic E-state index is 12.8. The van der Waals surface area contributed by atoms with E-state index < -0.39 is 0 Å². The Morgan fingerprint density at radius 1 is 1.10 bits per heavy atom. The average molecular weight is 412 g/mol. The van der Waals surface area contributed by atoms with Crippen molar-refractivity contribution in [2.24, 2.45) is 7.05 Å². The fraction of sp³-hybridized carbons (Fsp3) is 0.130. The van der Waals surface area contributed by atoms with Gasteiger partial charge in [-0.25, -0.2) is 9.97 Å². The Hall–Kier alpha value is -4.20. The molecule has 31 heavy (non-hydrogen) atoms. The van der Waals surface area contributed by atoms with E-state index in [9.17, 15) is 4.79 Å². The van der Waals surface area contributed by atoms with Crippen LogP contribution in [0, 0.1) is 0 Å². The number of hydrogen-bond acceptors (Lipinski definition) is 5. The van der Waals surface area contributed by atoms with Crippen molar-refractivity contribution in [3.8, 4) is 17.0 Å². The van der Waals surface area contributed by atoms with Crippen LogP contribution in [-0.4, -0.2) is 36.9 Å². The highest BCUT2D eigenvalue weighted by Gasteiger charge is 2.16. The fourth-order valence-electron chi connectivity index (χ4n) is 3.59. The molecule has 0 bridgehead atoms. The van der Waals surface area contributed by atoms with E-state index in [2.05, 4.69) is 20.3 Å². The van der Waals surface area contributed by atoms with Gasteiger partial charge in [-0.15, -0.1) is 0 Å². The lowest BCUT2D eigenvalue weighted by atomic mass is 10.1. The number of methoxy groups -OCH3 is 1. The minimum absolute atomic E-state index is 0.267. The topological polar surface area (TPSA) is 86.3 Å². The fourth-order valence-corrected chi connectivity index (χ4v) is 3.59. The zero-order chi connectivity index (χ0) is 21.4. The summed E-state index contributed by atoms with van der Waals surface area (Å²) in [5.41, 5.74) is 4.44. The molecule has 0 fully saturated rings. The number of ether oxygens (including phenoxy) is 1. The molecule has 3 aromatic heterocycles. The normalized spacial score (nSPS) is 11.2. The van der Waals surface area contributed by atoms with Gasteiger partial charge in [0.25, 0.3) is 5.91 Å². The van der Waals surface area contributed by atoms with Crippen LogP contribution in [0.1, 0.15) is 16.3 Å². The summed E-state index contributed by atoms with van der Waals surface area (Å²) in [6, 6.07) is 15.4. The number of nitrogens with one attached hydrogen (secondary N) is 1. The Balaban J connectivity index is 1.40. The summed E-state index contributed by atoms with van der Waals surface area (Å²) in [7, 11) is 3.57. The van der Waals surface area contributed by atoms with E-state index >= 15 is 0 Å². The zero-order valence-electron chi connectivity index (χ0n) is 17.1. The quantitative estimate of drug-likeness (QED) is 0.479. The lowest BCUT2D eigenvalue weighted by Crippen LogP contribution is -2.24. The van der Waals surface area contributed by atoms with Crippen LogP contribution in [-0.2, 0) is 13.6 Å². The largest absolute Gasteiger partial charge is 0.497 e. The lowest BCUT2D eigenvalue weighted by molar-refractivity contribution is 0.0945. The minimum Gasteiger partial charge on any atom is -0.497 e. The third-order valence-corrected chi connectivity index (χ3v) is 5.26. The van der Waals surface area contributed by atoms with Crippen LogP contribution in [0.4, 0.5) is 0 Å². The monoisotopic (exact) mass is 412 g/mol. The maximum absolute atomic E-state index is 12.8. The van der Waals surface area contributed by atoms with Crippen LogP contribution in [0.25, 0.3) is 27.9 Å². The molecule has 0 spiro atoms. The molecule has 1 N–H and O–H groups in total. The molecule has 1 amide bonds. The van der Waals surface area contributed by atoms with E-state index in [1.54, 1.807) is 30.1 Å². The van der Waals surface area contributed by atoms with Gasteiger partial charge in [-0.3, -0.25) is 9.78 Å². The Kier molecular flexibility index (Phi) is 4.59. The highest BCUT2D eigenvalue weighted by molar-refractivity contribution is 5.93. The number of hydrogen-bond donors (Lipinski definition) is 1. The molecular weight excluding hydrogens is 392 g/mol. The van der Waals surface area contributed by atoms with Crippen LogP contribution in [0.2, 0.25) is 0 Å². The van der Waals surface area contributed by atoms with E-state index in [0.29, 0.717) is 23.6 Å². The molecule has 2 aromatic carbocycles. The van der Waals surface area contributed by atoms with Gasteiger partial charge in [0, 0.05) is 31.2 Å². The zero-order valence-corrected chi connectivity index (χ0v) is 17.1. The summed E-state index contributed by atoms with van der Waals surface area (Å²) in [6.07, 6.45) is 5.17. The van der Waals surface area contributed by atoms with Gasteiger partial charge in [0.2, 0.25) is 0 Å². The molecule has 3 heterocycles. The van der Waals surface area contributed by atoms with Gasteiger partial charge in [-0.2, -0.15) is 0 Å². The van der Waals surface area contributed by atoms with Crippen molar-refractivity contribution in [3.05, 3.63) is 78.6 Å². The Morgan fingerprint density at radius 3 is 2.68 bits per heavy atom. The van der Waals surface area contributed by atoms with Gasteiger partial charge >= 0.3 is 0 Å². The Morgan fingerprint density at radius 2 is 1.90 bits per heavy atom. The summed E-state index contributed by atoms with van der Waals surface area (Å²) in [6.45, 7) is 0.307. The molecule has 154 valence electrons. The third-order valence-electron chi connectivity index (χ3n) is 5.26. The number of para-hydroxylation sites is 2. The summed E-state index contributed by atoms with van der Waals surface area (Å²) < 4.78 is 9.00. The molecular formula is C23H20N6O2. The molecule has 8 heteroatoms. The van der Waals surface area contributed by atoms with Gasteiger partial charge in [0.15, 0.2) is 5.65 Å². The number of aryl methyl sites for hydroxylation is 1. The van der Waals surface area contributed by atoms with Crippen LogP contribution >= 0.6 is 0 Å². The molecule has 0 saturated carbocycles. The molecule has 0 aliphatic carbocycles. The summed E-state index contributed by atoms with van der Waals surface area (Å²) in [5.74, 6) is 1.27. The maximum Gasteiger partial charge on any atom is 0.271 e. The second-order valence-corrected chi connectivity index (χ2v) is 7.12.